The zero-order valence-electron chi connectivity index (χ0n) is 10.4. The summed E-state index contributed by atoms with van der Waals surface area (Å²) in [6.07, 6.45) is 1.33. The van der Waals surface area contributed by atoms with Gasteiger partial charge in [-0.1, -0.05) is 6.92 Å². The number of hydrogen-bond donors (Lipinski definition) is 2. The van der Waals surface area contributed by atoms with Crippen LogP contribution in [0.3, 0.4) is 0 Å². The molecule has 0 bridgehead atoms. The fourth-order valence-corrected chi connectivity index (χ4v) is 3.78. The van der Waals surface area contributed by atoms with Crippen molar-refractivity contribution < 1.29 is 13.2 Å². The average Bonchev–Trinajstić information content (AvgIpc) is 2.82. The van der Waals surface area contributed by atoms with Crippen LogP contribution in [-0.2, 0) is 14.8 Å². The summed E-state index contributed by atoms with van der Waals surface area (Å²) in [5.41, 5.74) is 0. The lowest BCUT2D eigenvalue weighted by molar-refractivity contribution is -0.120. The van der Waals surface area contributed by atoms with Crippen LogP contribution in [0.4, 0.5) is 0 Å². The van der Waals surface area contributed by atoms with Gasteiger partial charge in [0.1, 0.15) is 0 Å². The normalized spacial score (nSPS) is 20.8. The molecule has 1 rings (SSSR count). The van der Waals surface area contributed by atoms with E-state index in [1.54, 1.807) is 0 Å². The molecule has 1 aliphatic heterocycles. The molecule has 100 valence electrons. The maximum atomic E-state index is 12.3. The van der Waals surface area contributed by atoms with Crippen molar-refractivity contribution in [1.29, 1.82) is 0 Å². The monoisotopic (exact) mass is 263 g/mol. The second kappa shape index (κ2) is 6.32. The number of nitrogens with zero attached hydrogens (tertiary/aromatic N) is 1. The van der Waals surface area contributed by atoms with Gasteiger partial charge in [0.15, 0.2) is 0 Å². The molecule has 7 heteroatoms. The lowest BCUT2D eigenvalue weighted by Gasteiger charge is -2.24. The van der Waals surface area contributed by atoms with Gasteiger partial charge in [-0.15, -0.1) is 0 Å². The molecule has 1 amide bonds. The molecule has 1 fully saturated rings. The van der Waals surface area contributed by atoms with Gasteiger partial charge in [-0.25, -0.2) is 8.42 Å². The third-order valence-corrected chi connectivity index (χ3v) is 5.14. The lowest BCUT2D eigenvalue weighted by Crippen LogP contribution is -2.45. The van der Waals surface area contributed by atoms with E-state index < -0.39 is 15.3 Å². The molecule has 1 aliphatic rings. The van der Waals surface area contributed by atoms with Gasteiger partial charge < -0.3 is 10.6 Å². The standard InChI is InChI=1S/C10H21N3O3S/c1-3-6-13(8-10(14)11-2)17(15,16)9-4-5-12-7-9/h9,12H,3-8H2,1-2H3,(H,11,14). The van der Waals surface area contributed by atoms with Crippen molar-refractivity contribution in [3.05, 3.63) is 0 Å². The Kier molecular flexibility index (Phi) is 5.35. The highest BCUT2D eigenvalue weighted by Gasteiger charge is 2.34. The van der Waals surface area contributed by atoms with Crippen LogP contribution >= 0.6 is 0 Å². The van der Waals surface area contributed by atoms with E-state index in [1.807, 2.05) is 6.92 Å². The summed E-state index contributed by atoms with van der Waals surface area (Å²) in [5.74, 6) is -0.270. The van der Waals surface area contributed by atoms with Crippen LogP contribution in [-0.4, -0.2) is 57.1 Å². The van der Waals surface area contributed by atoms with Crippen molar-refractivity contribution >= 4 is 15.9 Å². The Balaban J connectivity index is 2.77. The van der Waals surface area contributed by atoms with Crippen LogP contribution in [0.5, 0.6) is 0 Å². The minimum atomic E-state index is -3.36. The third-order valence-electron chi connectivity index (χ3n) is 2.87. The van der Waals surface area contributed by atoms with Crippen LogP contribution in [0.15, 0.2) is 0 Å². The average molecular weight is 263 g/mol. The molecule has 0 radical (unpaired) electrons. The van der Waals surface area contributed by atoms with E-state index in [-0.39, 0.29) is 12.5 Å². The highest BCUT2D eigenvalue weighted by Crippen LogP contribution is 2.15. The first-order valence-corrected chi connectivity index (χ1v) is 7.43. The Hall–Kier alpha value is -0.660. The van der Waals surface area contributed by atoms with Crippen molar-refractivity contribution in [3.8, 4) is 0 Å². The molecule has 1 heterocycles. The molecule has 1 saturated heterocycles. The highest BCUT2D eigenvalue weighted by atomic mass is 32.2. The van der Waals surface area contributed by atoms with E-state index in [0.29, 0.717) is 25.9 Å². The number of nitrogens with one attached hydrogen (secondary N) is 2. The summed E-state index contributed by atoms with van der Waals surface area (Å²) >= 11 is 0. The molecule has 0 aromatic rings. The molecule has 0 aliphatic carbocycles. The fraction of sp³-hybridized carbons (Fsp3) is 0.900. The zero-order valence-corrected chi connectivity index (χ0v) is 11.2. The van der Waals surface area contributed by atoms with E-state index in [1.165, 1.54) is 11.4 Å². The Bertz CT molecular complexity index is 350. The van der Waals surface area contributed by atoms with E-state index in [2.05, 4.69) is 10.6 Å². The van der Waals surface area contributed by atoms with Gasteiger partial charge in [-0.2, -0.15) is 4.31 Å². The minimum Gasteiger partial charge on any atom is -0.358 e. The summed E-state index contributed by atoms with van der Waals surface area (Å²) in [6.45, 7) is 3.43. The van der Waals surface area contributed by atoms with Crippen molar-refractivity contribution in [2.75, 3.05) is 33.2 Å². The van der Waals surface area contributed by atoms with E-state index >= 15 is 0 Å². The highest BCUT2D eigenvalue weighted by molar-refractivity contribution is 7.89. The Morgan fingerprint density at radius 3 is 2.71 bits per heavy atom. The first kappa shape index (κ1) is 14.4. The van der Waals surface area contributed by atoms with Crippen LogP contribution in [0, 0.1) is 0 Å². The number of carbonyl (C=O) groups excluding carboxylic acids is 1. The fourth-order valence-electron chi connectivity index (χ4n) is 1.88. The van der Waals surface area contributed by atoms with Gasteiger partial charge in [0.2, 0.25) is 15.9 Å². The Morgan fingerprint density at radius 2 is 2.24 bits per heavy atom. The number of rotatable bonds is 6. The molecular formula is C10H21N3O3S. The summed E-state index contributed by atoms with van der Waals surface area (Å²) in [6, 6.07) is 0. The number of hydrogen-bond acceptors (Lipinski definition) is 4. The quantitative estimate of drug-likeness (QED) is 0.653. The number of amides is 1. The molecule has 2 N–H and O–H groups in total. The Labute approximate surface area is 103 Å². The molecule has 0 saturated carbocycles. The van der Waals surface area contributed by atoms with Gasteiger partial charge in [0, 0.05) is 20.1 Å². The molecule has 0 spiro atoms. The lowest BCUT2D eigenvalue weighted by atomic mass is 10.4. The van der Waals surface area contributed by atoms with Crippen LogP contribution in [0.2, 0.25) is 0 Å². The summed E-state index contributed by atoms with van der Waals surface area (Å²) in [5, 5.41) is 5.10. The predicted octanol–water partition coefficient (Wildman–Crippen LogP) is -0.864. The van der Waals surface area contributed by atoms with Crippen molar-refractivity contribution in [1.82, 2.24) is 14.9 Å². The van der Waals surface area contributed by atoms with Gasteiger partial charge in [0.25, 0.3) is 0 Å². The van der Waals surface area contributed by atoms with Gasteiger partial charge >= 0.3 is 0 Å². The van der Waals surface area contributed by atoms with Crippen LogP contribution < -0.4 is 10.6 Å². The summed E-state index contributed by atoms with van der Waals surface area (Å²) in [7, 11) is -1.85. The van der Waals surface area contributed by atoms with Gasteiger partial charge in [0.05, 0.1) is 11.8 Å². The van der Waals surface area contributed by atoms with Gasteiger partial charge in [-0.3, -0.25) is 4.79 Å². The number of likely N-dealkylation sites (N-methyl/N-ethyl adjacent to an activating group) is 1. The SMILES string of the molecule is CCCN(CC(=O)NC)S(=O)(=O)C1CCNC1. The second-order valence-corrected chi connectivity index (χ2v) is 6.38. The molecule has 1 unspecified atom stereocenters. The van der Waals surface area contributed by atoms with E-state index in [0.717, 1.165) is 6.54 Å². The molecule has 17 heavy (non-hydrogen) atoms. The molecule has 6 nitrogen and oxygen atoms in total. The van der Waals surface area contributed by atoms with E-state index in [9.17, 15) is 13.2 Å². The zero-order chi connectivity index (χ0) is 12.9. The first-order valence-electron chi connectivity index (χ1n) is 5.92. The third kappa shape index (κ3) is 3.65. The largest absolute Gasteiger partial charge is 0.358 e. The molecular weight excluding hydrogens is 242 g/mol. The maximum Gasteiger partial charge on any atom is 0.235 e. The first-order chi connectivity index (χ1) is 8.02. The molecule has 1 atom stereocenters. The van der Waals surface area contributed by atoms with E-state index in [4.69, 9.17) is 0 Å². The van der Waals surface area contributed by atoms with Crippen molar-refractivity contribution in [2.24, 2.45) is 0 Å². The number of carbonyl (C=O) groups is 1. The molecule has 0 aromatic heterocycles. The minimum absolute atomic E-state index is 0.0802. The van der Waals surface area contributed by atoms with Crippen molar-refractivity contribution in [2.45, 2.75) is 25.0 Å². The van der Waals surface area contributed by atoms with Crippen LogP contribution in [0.1, 0.15) is 19.8 Å². The Morgan fingerprint density at radius 1 is 1.53 bits per heavy atom. The molecule has 0 aromatic carbocycles. The smallest absolute Gasteiger partial charge is 0.235 e. The second-order valence-electron chi connectivity index (χ2n) is 4.17. The predicted molar refractivity (Wildman–Crippen MR) is 66.1 cm³/mol. The van der Waals surface area contributed by atoms with Crippen molar-refractivity contribution in [3.63, 3.8) is 0 Å². The maximum absolute atomic E-state index is 12.3. The topological polar surface area (TPSA) is 78.5 Å². The summed E-state index contributed by atoms with van der Waals surface area (Å²) in [4.78, 5) is 11.3. The van der Waals surface area contributed by atoms with Crippen LogP contribution in [0.25, 0.3) is 0 Å². The number of sulfonamides is 1. The van der Waals surface area contributed by atoms with Gasteiger partial charge in [-0.05, 0) is 19.4 Å². The summed E-state index contributed by atoms with van der Waals surface area (Å²) < 4.78 is 25.9.